The van der Waals surface area contributed by atoms with Crippen LogP contribution in [0.15, 0.2) is 152 Å². The number of rotatable bonds is 2. The molecule has 0 bridgehead atoms. The molecule has 11 aromatic rings. The summed E-state index contributed by atoms with van der Waals surface area (Å²) in [5.74, 6) is 0.676. The Kier molecular flexibility index (Phi) is 5.26. The van der Waals surface area contributed by atoms with E-state index in [0.717, 1.165) is 33.2 Å². The van der Waals surface area contributed by atoms with Gasteiger partial charge in [-0.1, -0.05) is 133 Å². The van der Waals surface area contributed by atoms with Crippen molar-refractivity contribution in [2.75, 3.05) is 0 Å². The number of benzene rings is 8. The molecular formula is C44H25N3S. The normalized spacial score (nSPS) is 12.2. The van der Waals surface area contributed by atoms with E-state index in [0.29, 0.717) is 5.95 Å². The van der Waals surface area contributed by atoms with Crippen LogP contribution in [-0.4, -0.2) is 14.5 Å². The van der Waals surface area contributed by atoms with Crippen molar-refractivity contribution >= 4 is 96.5 Å². The van der Waals surface area contributed by atoms with Gasteiger partial charge in [0.05, 0.1) is 22.2 Å². The van der Waals surface area contributed by atoms with E-state index in [9.17, 15) is 0 Å². The summed E-state index contributed by atoms with van der Waals surface area (Å²) >= 11 is 1.90. The molecule has 0 unspecified atom stereocenters. The second-order valence-electron chi connectivity index (χ2n) is 12.5. The van der Waals surface area contributed by atoms with Crippen LogP contribution in [-0.2, 0) is 0 Å². The van der Waals surface area contributed by atoms with Crippen molar-refractivity contribution in [2.45, 2.75) is 0 Å². The minimum absolute atomic E-state index is 0.676. The number of nitrogens with zero attached hydrogens (tertiary/aromatic N) is 3. The van der Waals surface area contributed by atoms with Gasteiger partial charge >= 0.3 is 0 Å². The lowest BCUT2D eigenvalue weighted by Gasteiger charge is -2.16. The molecule has 0 aliphatic carbocycles. The number of hydrogen-bond donors (Lipinski definition) is 0. The third-order valence-corrected chi connectivity index (χ3v) is 11.2. The fraction of sp³-hybridized carbons (Fsp3) is 0. The summed E-state index contributed by atoms with van der Waals surface area (Å²) in [6, 6.07) is 54.4. The molecule has 0 saturated heterocycles. The van der Waals surface area contributed by atoms with Gasteiger partial charge in [-0.05, 0) is 34.4 Å². The van der Waals surface area contributed by atoms with Crippen LogP contribution in [0.1, 0.15) is 0 Å². The van der Waals surface area contributed by atoms with E-state index in [-0.39, 0.29) is 0 Å². The molecule has 3 heterocycles. The van der Waals surface area contributed by atoms with Gasteiger partial charge in [-0.3, -0.25) is 4.57 Å². The molecule has 0 fully saturated rings. The fourth-order valence-corrected chi connectivity index (χ4v) is 9.26. The van der Waals surface area contributed by atoms with Gasteiger partial charge in [0.15, 0.2) is 0 Å². The second-order valence-corrected chi connectivity index (χ2v) is 13.5. The number of para-hydroxylation sites is 2. The third-order valence-electron chi connectivity index (χ3n) is 9.95. The topological polar surface area (TPSA) is 30.7 Å². The third kappa shape index (κ3) is 3.42. The Labute approximate surface area is 278 Å². The maximum absolute atomic E-state index is 5.44. The summed E-state index contributed by atoms with van der Waals surface area (Å²) in [5, 5.41) is 13.7. The smallest absolute Gasteiger partial charge is 0.235 e. The molecule has 8 aromatic carbocycles. The molecule has 0 amide bonds. The summed E-state index contributed by atoms with van der Waals surface area (Å²) in [5.41, 5.74) is 5.17. The highest BCUT2D eigenvalue weighted by Gasteiger charge is 2.25. The van der Waals surface area contributed by atoms with E-state index in [4.69, 9.17) is 9.97 Å². The molecule has 3 aromatic heterocycles. The monoisotopic (exact) mass is 627 g/mol. The largest absolute Gasteiger partial charge is 0.277 e. The van der Waals surface area contributed by atoms with Crippen LogP contribution in [0.2, 0.25) is 0 Å². The van der Waals surface area contributed by atoms with Gasteiger partial charge in [0.25, 0.3) is 0 Å². The lowest BCUT2D eigenvalue weighted by atomic mass is 9.90. The van der Waals surface area contributed by atoms with Crippen LogP contribution in [0.5, 0.6) is 0 Å². The highest BCUT2D eigenvalue weighted by molar-refractivity contribution is 7.27. The Morgan fingerprint density at radius 2 is 1.00 bits per heavy atom. The molecule has 0 aliphatic rings. The molecule has 0 radical (unpaired) electrons. The molecule has 48 heavy (non-hydrogen) atoms. The number of thiophene rings is 1. The van der Waals surface area contributed by atoms with E-state index in [2.05, 4.69) is 156 Å². The number of hydrogen-bond acceptors (Lipinski definition) is 3. The average Bonchev–Trinajstić information content (AvgIpc) is 3.72. The summed E-state index contributed by atoms with van der Waals surface area (Å²) < 4.78 is 4.98. The zero-order valence-corrected chi connectivity index (χ0v) is 26.5. The molecule has 0 N–H and O–H groups in total. The van der Waals surface area contributed by atoms with E-state index in [1.807, 2.05) is 11.3 Å². The van der Waals surface area contributed by atoms with Crippen LogP contribution in [0.4, 0.5) is 0 Å². The zero-order chi connectivity index (χ0) is 31.3. The molecule has 11 rings (SSSR count). The highest BCUT2D eigenvalue weighted by atomic mass is 32.1. The molecule has 0 atom stereocenters. The van der Waals surface area contributed by atoms with Gasteiger partial charge in [-0.25, -0.2) is 9.97 Å². The van der Waals surface area contributed by atoms with Crippen molar-refractivity contribution in [1.29, 1.82) is 0 Å². The summed E-state index contributed by atoms with van der Waals surface area (Å²) in [7, 11) is 0. The quantitative estimate of drug-likeness (QED) is 0.179. The van der Waals surface area contributed by atoms with Gasteiger partial charge in [0.2, 0.25) is 5.95 Å². The van der Waals surface area contributed by atoms with Crippen molar-refractivity contribution in [3.05, 3.63) is 152 Å². The van der Waals surface area contributed by atoms with Crippen LogP contribution < -0.4 is 0 Å². The number of aromatic nitrogens is 3. The summed E-state index contributed by atoms with van der Waals surface area (Å²) in [4.78, 5) is 10.8. The van der Waals surface area contributed by atoms with Gasteiger partial charge < -0.3 is 0 Å². The Morgan fingerprint density at radius 3 is 1.79 bits per heavy atom. The Morgan fingerprint density at radius 1 is 0.417 bits per heavy atom. The molecule has 3 nitrogen and oxygen atoms in total. The van der Waals surface area contributed by atoms with Crippen LogP contribution >= 0.6 is 11.3 Å². The van der Waals surface area contributed by atoms with Crippen molar-refractivity contribution in [1.82, 2.24) is 14.5 Å². The van der Waals surface area contributed by atoms with Crippen molar-refractivity contribution in [3.63, 3.8) is 0 Å². The van der Waals surface area contributed by atoms with E-state index < -0.39 is 0 Å². The van der Waals surface area contributed by atoms with Crippen molar-refractivity contribution in [2.24, 2.45) is 0 Å². The predicted octanol–water partition coefficient (Wildman–Crippen LogP) is 12.2. The number of fused-ring (bicyclic) bond motifs is 16. The maximum Gasteiger partial charge on any atom is 0.235 e. The lowest BCUT2D eigenvalue weighted by Crippen LogP contribution is -2.04. The SMILES string of the molecule is c1ccc(-c2nc(-n3c4ccccc4c4c5ccccc5c5c6c7ccccc7sc6c6ccccc6c5c43)nc3ccccc23)cc1. The van der Waals surface area contributed by atoms with Crippen molar-refractivity contribution < 1.29 is 0 Å². The van der Waals surface area contributed by atoms with E-state index >= 15 is 0 Å². The average molecular weight is 628 g/mol. The minimum atomic E-state index is 0.676. The van der Waals surface area contributed by atoms with Crippen molar-refractivity contribution in [3.8, 4) is 17.2 Å². The molecule has 0 aliphatic heterocycles. The first kappa shape index (κ1) is 26.0. The van der Waals surface area contributed by atoms with Crippen LogP contribution in [0.25, 0.3) is 102 Å². The zero-order valence-electron chi connectivity index (χ0n) is 25.7. The summed E-state index contributed by atoms with van der Waals surface area (Å²) in [6.07, 6.45) is 0. The van der Waals surface area contributed by atoms with Gasteiger partial charge in [-0.2, -0.15) is 0 Å². The first-order valence-electron chi connectivity index (χ1n) is 16.3. The van der Waals surface area contributed by atoms with Gasteiger partial charge in [-0.15, -0.1) is 11.3 Å². The highest BCUT2D eigenvalue weighted by Crippen LogP contribution is 2.50. The predicted molar refractivity (Wildman–Crippen MR) is 205 cm³/mol. The van der Waals surface area contributed by atoms with Gasteiger partial charge in [0.1, 0.15) is 0 Å². The van der Waals surface area contributed by atoms with Gasteiger partial charge in [0, 0.05) is 58.1 Å². The second kappa shape index (κ2) is 9.71. The van der Waals surface area contributed by atoms with E-state index in [1.54, 1.807) is 0 Å². The first-order valence-corrected chi connectivity index (χ1v) is 17.1. The summed E-state index contributed by atoms with van der Waals surface area (Å²) in [6.45, 7) is 0. The standard InChI is InChI=1S/C44H25N3S/c1-2-14-26(15-3-1)41-31-20-8-11-23-34(31)45-44(46-41)47-35-24-12-9-21-32(35)37-27-16-4-5-17-28(27)38-39(42(37)47)29-18-6-7-19-30(29)43-40(38)33-22-10-13-25-36(33)48-43/h1-25H. The van der Waals surface area contributed by atoms with E-state index in [1.165, 1.54) is 63.3 Å². The fourth-order valence-electron chi connectivity index (χ4n) is 8.01. The Bertz CT molecular complexity index is 3120. The molecule has 4 heteroatoms. The molecule has 0 spiro atoms. The molecular weight excluding hydrogens is 603 g/mol. The Hall–Kier alpha value is -6.10. The minimum Gasteiger partial charge on any atom is -0.277 e. The Balaban J connectivity index is 1.46. The lowest BCUT2D eigenvalue weighted by molar-refractivity contribution is 1.02. The molecule has 222 valence electrons. The molecule has 0 saturated carbocycles. The maximum atomic E-state index is 5.44. The van der Waals surface area contributed by atoms with Crippen LogP contribution in [0, 0.1) is 0 Å². The first-order chi connectivity index (χ1) is 23.8. The van der Waals surface area contributed by atoms with Crippen LogP contribution in [0.3, 0.4) is 0 Å².